The molecule has 1 aliphatic carbocycles. The van der Waals surface area contributed by atoms with Gasteiger partial charge in [0.1, 0.15) is 0 Å². The van der Waals surface area contributed by atoms with Crippen molar-refractivity contribution >= 4 is 11.6 Å². The van der Waals surface area contributed by atoms with Gasteiger partial charge in [0.15, 0.2) is 0 Å². The first-order chi connectivity index (χ1) is 6.59. The van der Waals surface area contributed by atoms with E-state index in [2.05, 4.69) is 0 Å². The van der Waals surface area contributed by atoms with Crippen molar-refractivity contribution < 1.29 is 5.11 Å². The largest absolute Gasteiger partial charge is 0.385 e. The third kappa shape index (κ3) is 2.10. The molecule has 76 valence electrons. The van der Waals surface area contributed by atoms with E-state index in [1.54, 1.807) is 0 Å². The van der Waals surface area contributed by atoms with Gasteiger partial charge in [-0.1, -0.05) is 42.6 Å². The quantitative estimate of drug-likeness (QED) is 0.812. The fourth-order valence-electron chi connectivity index (χ4n) is 1.89. The van der Waals surface area contributed by atoms with E-state index in [0.29, 0.717) is 10.9 Å². The molecule has 1 atom stereocenters. The van der Waals surface area contributed by atoms with Crippen molar-refractivity contribution in [3.05, 3.63) is 34.9 Å². The van der Waals surface area contributed by atoms with Crippen LogP contribution in [0.25, 0.3) is 0 Å². The van der Waals surface area contributed by atoms with Crippen LogP contribution < -0.4 is 0 Å². The van der Waals surface area contributed by atoms with Crippen LogP contribution >= 0.6 is 11.6 Å². The molecule has 1 unspecified atom stereocenters. The molecule has 2 rings (SSSR count). The van der Waals surface area contributed by atoms with Gasteiger partial charge in [-0.15, -0.1) is 0 Å². The molecule has 0 aliphatic heterocycles. The highest BCUT2D eigenvalue weighted by Crippen LogP contribution is 2.42. The van der Waals surface area contributed by atoms with E-state index in [1.165, 1.54) is 12.8 Å². The molecule has 1 aromatic carbocycles. The predicted octanol–water partition coefficient (Wildman–Crippen LogP) is 3.35. The Bertz CT molecular complexity index is 329. The second kappa shape index (κ2) is 3.56. The second-order valence-corrected chi connectivity index (χ2v) is 4.81. The summed E-state index contributed by atoms with van der Waals surface area (Å²) < 4.78 is 0. The Morgan fingerprint density at radius 3 is 2.64 bits per heavy atom. The Labute approximate surface area is 89.7 Å². The van der Waals surface area contributed by atoms with Crippen molar-refractivity contribution in [2.75, 3.05) is 0 Å². The summed E-state index contributed by atoms with van der Waals surface area (Å²) in [6.07, 6.45) is 3.33. The second-order valence-electron chi connectivity index (χ2n) is 4.40. The van der Waals surface area contributed by atoms with Gasteiger partial charge in [-0.3, -0.25) is 0 Å². The SMILES string of the molecule is CC(O)(CC1CC1)c1ccccc1Cl. The maximum Gasteiger partial charge on any atom is 0.0885 e. The fraction of sp³-hybridized carbons (Fsp3) is 0.500. The van der Waals surface area contributed by atoms with Crippen molar-refractivity contribution in [1.29, 1.82) is 0 Å². The van der Waals surface area contributed by atoms with Crippen molar-refractivity contribution in [3.8, 4) is 0 Å². The predicted molar refractivity (Wildman–Crippen MR) is 58.4 cm³/mol. The minimum Gasteiger partial charge on any atom is -0.385 e. The van der Waals surface area contributed by atoms with Crippen molar-refractivity contribution in [1.82, 2.24) is 0 Å². The van der Waals surface area contributed by atoms with Crippen LogP contribution in [0.4, 0.5) is 0 Å². The molecule has 14 heavy (non-hydrogen) atoms. The Morgan fingerprint density at radius 2 is 2.07 bits per heavy atom. The summed E-state index contributed by atoms with van der Waals surface area (Å²) in [6.45, 7) is 1.85. The Hall–Kier alpha value is -0.530. The van der Waals surface area contributed by atoms with Crippen molar-refractivity contribution in [2.24, 2.45) is 5.92 Å². The van der Waals surface area contributed by atoms with E-state index >= 15 is 0 Å². The highest BCUT2D eigenvalue weighted by atomic mass is 35.5. The zero-order chi connectivity index (χ0) is 10.2. The summed E-state index contributed by atoms with van der Waals surface area (Å²) in [4.78, 5) is 0. The summed E-state index contributed by atoms with van der Waals surface area (Å²) in [5, 5.41) is 11.0. The molecule has 0 amide bonds. The molecule has 1 aromatic rings. The lowest BCUT2D eigenvalue weighted by molar-refractivity contribution is 0.0419. The third-order valence-corrected chi connectivity index (χ3v) is 3.17. The van der Waals surface area contributed by atoms with E-state index in [0.717, 1.165) is 12.0 Å². The van der Waals surface area contributed by atoms with Crippen LogP contribution in [0.15, 0.2) is 24.3 Å². The minimum atomic E-state index is -0.764. The summed E-state index contributed by atoms with van der Waals surface area (Å²) in [7, 11) is 0. The number of benzene rings is 1. The monoisotopic (exact) mass is 210 g/mol. The van der Waals surface area contributed by atoms with Gasteiger partial charge in [0, 0.05) is 10.6 Å². The van der Waals surface area contributed by atoms with Crippen LogP contribution in [0.2, 0.25) is 5.02 Å². The molecule has 0 spiro atoms. The maximum absolute atomic E-state index is 10.3. The van der Waals surface area contributed by atoms with Gasteiger partial charge < -0.3 is 5.11 Å². The zero-order valence-corrected chi connectivity index (χ0v) is 9.09. The van der Waals surface area contributed by atoms with Gasteiger partial charge in [-0.2, -0.15) is 0 Å². The van der Waals surface area contributed by atoms with Gasteiger partial charge in [-0.05, 0) is 25.3 Å². The van der Waals surface area contributed by atoms with Crippen molar-refractivity contribution in [3.63, 3.8) is 0 Å². The highest BCUT2D eigenvalue weighted by Gasteiger charge is 2.33. The van der Waals surface area contributed by atoms with Crippen LogP contribution in [0.3, 0.4) is 0 Å². The van der Waals surface area contributed by atoms with E-state index in [4.69, 9.17) is 11.6 Å². The van der Waals surface area contributed by atoms with Crippen molar-refractivity contribution in [2.45, 2.75) is 31.8 Å². The maximum atomic E-state index is 10.3. The Kier molecular flexibility index (Phi) is 2.54. The van der Waals surface area contributed by atoms with E-state index in [-0.39, 0.29) is 0 Å². The number of hydrogen-bond donors (Lipinski definition) is 1. The topological polar surface area (TPSA) is 20.2 Å². The van der Waals surface area contributed by atoms with E-state index in [9.17, 15) is 5.11 Å². The Morgan fingerprint density at radius 1 is 1.43 bits per heavy atom. The lowest BCUT2D eigenvalue weighted by atomic mass is 9.90. The number of rotatable bonds is 3. The third-order valence-electron chi connectivity index (χ3n) is 2.84. The van der Waals surface area contributed by atoms with Gasteiger partial charge in [-0.25, -0.2) is 0 Å². The Balaban J connectivity index is 2.22. The summed E-state index contributed by atoms with van der Waals surface area (Å²) in [6, 6.07) is 7.55. The average Bonchev–Trinajstić information content (AvgIpc) is 2.88. The van der Waals surface area contributed by atoms with Gasteiger partial charge in [0.2, 0.25) is 0 Å². The lowest BCUT2D eigenvalue weighted by Gasteiger charge is -2.24. The van der Waals surface area contributed by atoms with Crippen LogP contribution in [0.1, 0.15) is 31.7 Å². The summed E-state index contributed by atoms with van der Waals surface area (Å²) >= 11 is 6.05. The fourth-order valence-corrected chi connectivity index (χ4v) is 2.23. The van der Waals surface area contributed by atoms with E-state index < -0.39 is 5.60 Å². The molecule has 1 N–H and O–H groups in total. The number of hydrogen-bond acceptors (Lipinski definition) is 1. The summed E-state index contributed by atoms with van der Waals surface area (Å²) in [5.41, 5.74) is 0.0908. The molecular weight excluding hydrogens is 196 g/mol. The molecule has 0 radical (unpaired) electrons. The molecule has 0 bridgehead atoms. The van der Waals surface area contributed by atoms with E-state index in [1.807, 2.05) is 31.2 Å². The van der Waals surface area contributed by atoms with Crippen LogP contribution in [0, 0.1) is 5.92 Å². The van der Waals surface area contributed by atoms with Crippen LogP contribution in [-0.4, -0.2) is 5.11 Å². The first-order valence-electron chi connectivity index (χ1n) is 5.07. The summed E-state index contributed by atoms with van der Waals surface area (Å²) in [5.74, 6) is 0.696. The molecule has 1 saturated carbocycles. The molecule has 0 heterocycles. The lowest BCUT2D eigenvalue weighted by Crippen LogP contribution is -2.22. The molecule has 1 aliphatic rings. The number of aliphatic hydroxyl groups is 1. The molecular formula is C12H15ClO. The standard InChI is InChI=1S/C12H15ClO/c1-12(14,8-9-6-7-9)10-4-2-3-5-11(10)13/h2-5,9,14H,6-8H2,1H3. The number of halogens is 1. The molecule has 1 fully saturated rings. The smallest absolute Gasteiger partial charge is 0.0885 e. The van der Waals surface area contributed by atoms with Gasteiger partial charge >= 0.3 is 0 Å². The minimum absolute atomic E-state index is 0.665. The molecule has 0 saturated heterocycles. The molecule has 2 heteroatoms. The first kappa shape index (κ1) is 10.0. The highest BCUT2D eigenvalue weighted by molar-refractivity contribution is 6.31. The van der Waals surface area contributed by atoms with Crippen LogP contribution in [-0.2, 0) is 5.60 Å². The zero-order valence-electron chi connectivity index (χ0n) is 8.33. The van der Waals surface area contributed by atoms with Gasteiger partial charge in [0.25, 0.3) is 0 Å². The van der Waals surface area contributed by atoms with Crippen LogP contribution in [0.5, 0.6) is 0 Å². The molecule has 0 aromatic heterocycles. The van der Waals surface area contributed by atoms with Gasteiger partial charge in [0.05, 0.1) is 5.60 Å². The normalized spacial score (nSPS) is 20.5. The average molecular weight is 211 g/mol. The molecule has 1 nitrogen and oxygen atoms in total. The first-order valence-corrected chi connectivity index (χ1v) is 5.45.